The van der Waals surface area contributed by atoms with Crippen LogP contribution in [0.25, 0.3) is 0 Å². The highest BCUT2D eigenvalue weighted by Gasteiger charge is 2.36. The molecule has 1 saturated heterocycles. The van der Waals surface area contributed by atoms with Crippen molar-refractivity contribution in [3.8, 4) is 17.2 Å². The molecule has 1 fully saturated rings. The van der Waals surface area contributed by atoms with Gasteiger partial charge in [0.1, 0.15) is 17.2 Å². The van der Waals surface area contributed by atoms with Gasteiger partial charge in [-0.2, -0.15) is 0 Å². The lowest BCUT2D eigenvalue weighted by atomic mass is 10.1. The van der Waals surface area contributed by atoms with Crippen LogP contribution in [-0.2, 0) is 9.59 Å². The Morgan fingerprint density at radius 2 is 1.78 bits per heavy atom. The maximum atomic E-state index is 12.7. The summed E-state index contributed by atoms with van der Waals surface area (Å²) in [6, 6.07) is 12.4. The second-order valence-electron chi connectivity index (χ2n) is 6.13. The molecule has 7 nitrogen and oxygen atoms in total. The molecule has 142 valence electrons. The first-order valence-electron chi connectivity index (χ1n) is 8.53. The molecule has 1 N–H and O–H groups in total. The highest BCUT2D eigenvalue weighted by molar-refractivity contribution is 6.04. The van der Waals surface area contributed by atoms with Crippen LogP contribution in [0.2, 0.25) is 0 Å². The summed E-state index contributed by atoms with van der Waals surface area (Å²) in [5, 5.41) is 2.85. The number of methoxy groups -OCH3 is 3. The highest BCUT2D eigenvalue weighted by Crippen LogP contribution is 2.36. The van der Waals surface area contributed by atoms with E-state index in [1.807, 2.05) is 12.1 Å². The number of benzene rings is 2. The highest BCUT2D eigenvalue weighted by atomic mass is 16.5. The van der Waals surface area contributed by atoms with Crippen molar-refractivity contribution in [1.82, 2.24) is 0 Å². The van der Waals surface area contributed by atoms with Crippen molar-refractivity contribution in [3.05, 3.63) is 42.5 Å². The Hall–Kier alpha value is -3.22. The van der Waals surface area contributed by atoms with Gasteiger partial charge < -0.3 is 24.4 Å². The summed E-state index contributed by atoms with van der Waals surface area (Å²) in [6.45, 7) is 0.267. The summed E-state index contributed by atoms with van der Waals surface area (Å²) in [5.41, 5.74) is 1.17. The number of hydrogen-bond donors (Lipinski definition) is 1. The number of hydrogen-bond acceptors (Lipinski definition) is 5. The van der Waals surface area contributed by atoms with Crippen molar-refractivity contribution in [2.24, 2.45) is 5.92 Å². The molecule has 2 amide bonds. The largest absolute Gasteiger partial charge is 0.497 e. The van der Waals surface area contributed by atoms with E-state index in [0.29, 0.717) is 28.6 Å². The molecule has 0 radical (unpaired) electrons. The van der Waals surface area contributed by atoms with Gasteiger partial charge in [0.2, 0.25) is 11.8 Å². The third kappa shape index (κ3) is 3.81. The Balaban J connectivity index is 1.78. The standard InChI is InChI=1S/C20H22N2O5/c1-25-14-8-9-18(27-3)16(11-14)22-12-13(10-19(22)23)20(24)21-15-6-4-5-7-17(15)26-2/h4-9,11,13H,10,12H2,1-3H3,(H,21,24). The third-order valence-electron chi connectivity index (χ3n) is 4.54. The van der Waals surface area contributed by atoms with Gasteiger partial charge in [-0.3, -0.25) is 9.59 Å². The fourth-order valence-corrected chi connectivity index (χ4v) is 3.11. The molecule has 1 heterocycles. The summed E-state index contributed by atoms with van der Waals surface area (Å²) in [6.07, 6.45) is 0.126. The number of nitrogens with one attached hydrogen (secondary N) is 1. The summed E-state index contributed by atoms with van der Waals surface area (Å²) in [7, 11) is 4.64. The average molecular weight is 370 g/mol. The maximum absolute atomic E-state index is 12.7. The molecule has 0 aliphatic carbocycles. The van der Waals surface area contributed by atoms with Gasteiger partial charge in [0.05, 0.1) is 38.6 Å². The van der Waals surface area contributed by atoms with Gasteiger partial charge in [0.15, 0.2) is 0 Å². The number of rotatable bonds is 6. The van der Waals surface area contributed by atoms with E-state index >= 15 is 0 Å². The minimum atomic E-state index is -0.474. The molecule has 0 saturated carbocycles. The number of amides is 2. The van der Waals surface area contributed by atoms with Gasteiger partial charge in [-0.05, 0) is 24.3 Å². The first-order chi connectivity index (χ1) is 13.1. The van der Waals surface area contributed by atoms with E-state index < -0.39 is 5.92 Å². The van der Waals surface area contributed by atoms with E-state index in [-0.39, 0.29) is 24.8 Å². The monoisotopic (exact) mass is 370 g/mol. The van der Waals surface area contributed by atoms with Crippen molar-refractivity contribution >= 4 is 23.2 Å². The molecule has 3 rings (SSSR count). The van der Waals surface area contributed by atoms with Crippen LogP contribution in [-0.4, -0.2) is 39.7 Å². The predicted octanol–water partition coefficient (Wildman–Crippen LogP) is 2.70. The summed E-state index contributed by atoms with van der Waals surface area (Å²) < 4.78 is 15.9. The Labute approximate surface area is 157 Å². The van der Waals surface area contributed by atoms with Crippen LogP contribution >= 0.6 is 0 Å². The molecule has 1 atom stereocenters. The minimum Gasteiger partial charge on any atom is -0.497 e. The van der Waals surface area contributed by atoms with Crippen molar-refractivity contribution in [2.75, 3.05) is 38.1 Å². The van der Waals surface area contributed by atoms with Crippen LogP contribution < -0.4 is 24.4 Å². The first-order valence-corrected chi connectivity index (χ1v) is 8.53. The van der Waals surface area contributed by atoms with E-state index in [4.69, 9.17) is 14.2 Å². The fourth-order valence-electron chi connectivity index (χ4n) is 3.11. The van der Waals surface area contributed by atoms with E-state index in [1.54, 1.807) is 49.5 Å². The quantitative estimate of drug-likeness (QED) is 0.846. The zero-order valence-electron chi connectivity index (χ0n) is 15.5. The Morgan fingerprint density at radius 3 is 2.48 bits per heavy atom. The molecule has 0 bridgehead atoms. The van der Waals surface area contributed by atoms with Crippen LogP contribution in [0, 0.1) is 5.92 Å². The zero-order valence-corrected chi connectivity index (χ0v) is 15.5. The molecular formula is C20H22N2O5. The van der Waals surface area contributed by atoms with Crippen LogP contribution in [0.15, 0.2) is 42.5 Å². The van der Waals surface area contributed by atoms with Gasteiger partial charge in [-0.1, -0.05) is 12.1 Å². The number of para-hydroxylation sites is 2. The molecule has 27 heavy (non-hydrogen) atoms. The second kappa shape index (κ2) is 7.99. The van der Waals surface area contributed by atoms with Gasteiger partial charge in [-0.25, -0.2) is 0 Å². The van der Waals surface area contributed by atoms with Crippen LogP contribution in [0.3, 0.4) is 0 Å². The van der Waals surface area contributed by atoms with Gasteiger partial charge in [-0.15, -0.1) is 0 Å². The molecule has 2 aromatic rings. The van der Waals surface area contributed by atoms with Crippen molar-refractivity contribution in [2.45, 2.75) is 6.42 Å². The topological polar surface area (TPSA) is 77.1 Å². The van der Waals surface area contributed by atoms with Crippen LogP contribution in [0.4, 0.5) is 11.4 Å². The second-order valence-corrected chi connectivity index (χ2v) is 6.13. The molecule has 0 spiro atoms. The Bertz CT molecular complexity index is 852. The first kappa shape index (κ1) is 18.6. The number of nitrogens with zero attached hydrogens (tertiary/aromatic N) is 1. The molecule has 1 aliphatic heterocycles. The lowest BCUT2D eigenvalue weighted by Crippen LogP contribution is -2.28. The van der Waals surface area contributed by atoms with Gasteiger partial charge in [0.25, 0.3) is 0 Å². The Kier molecular flexibility index (Phi) is 5.49. The summed E-state index contributed by atoms with van der Waals surface area (Å²) in [5.74, 6) is 0.897. The van der Waals surface area contributed by atoms with Gasteiger partial charge in [0, 0.05) is 19.0 Å². The summed E-state index contributed by atoms with van der Waals surface area (Å²) in [4.78, 5) is 26.8. The minimum absolute atomic E-state index is 0.126. The molecule has 2 aromatic carbocycles. The normalized spacial score (nSPS) is 16.2. The number of carbonyl (C=O) groups is 2. The lowest BCUT2D eigenvalue weighted by Gasteiger charge is -2.20. The molecule has 0 aromatic heterocycles. The third-order valence-corrected chi connectivity index (χ3v) is 4.54. The molecule has 1 unspecified atom stereocenters. The predicted molar refractivity (Wildman–Crippen MR) is 102 cm³/mol. The fraction of sp³-hybridized carbons (Fsp3) is 0.300. The number of ether oxygens (including phenoxy) is 3. The zero-order chi connectivity index (χ0) is 19.4. The van der Waals surface area contributed by atoms with E-state index in [2.05, 4.69) is 5.32 Å². The van der Waals surface area contributed by atoms with Crippen LogP contribution in [0.1, 0.15) is 6.42 Å². The SMILES string of the molecule is COc1ccc(OC)c(N2CC(C(=O)Nc3ccccc3OC)CC2=O)c1. The van der Waals surface area contributed by atoms with E-state index in [1.165, 1.54) is 7.11 Å². The smallest absolute Gasteiger partial charge is 0.229 e. The summed E-state index contributed by atoms with van der Waals surface area (Å²) >= 11 is 0. The van der Waals surface area contributed by atoms with Gasteiger partial charge >= 0.3 is 0 Å². The number of carbonyl (C=O) groups excluding carboxylic acids is 2. The Morgan fingerprint density at radius 1 is 1.04 bits per heavy atom. The average Bonchev–Trinajstić information content (AvgIpc) is 3.09. The van der Waals surface area contributed by atoms with E-state index in [0.717, 1.165) is 0 Å². The van der Waals surface area contributed by atoms with E-state index in [9.17, 15) is 9.59 Å². The molecule has 7 heteroatoms. The van der Waals surface area contributed by atoms with Crippen LogP contribution in [0.5, 0.6) is 17.2 Å². The molecular weight excluding hydrogens is 348 g/mol. The lowest BCUT2D eigenvalue weighted by molar-refractivity contribution is -0.122. The van der Waals surface area contributed by atoms with Crippen molar-refractivity contribution < 1.29 is 23.8 Å². The van der Waals surface area contributed by atoms with Crippen molar-refractivity contribution in [1.29, 1.82) is 0 Å². The molecule has 1 aliphatic rings. The maximum Gasteiger partial charge on any atom is 0.229 e. The number of anilines is 2. The van der Waals surface area contributed by atoms with Crippen molar-refractivity contribution in [3.63, 3.8) is 0 Å².